The molecule has 1 aromatic heterocycles. The van der Waals surface area contributed by atoms with Crippen LogP contribution in [0.3, 0.4) is 0 Å². The zero-order valence-electron chi connectivity index (χ0n) is 19.5. The Hall–Kier alpha value is -3.80. The van der Waals surface area contributed by atoms with Gasteiger partial charge in [-0.25, -0.2) is 0 Å². The van der Waals surface area contributed by atoms with Crippen molar-refractivity contribution in [2.75, 3.05) is 4.90 Å². The summed E-state index contributed by atoms with van der Waals surface area (Å²) in [5.41, 5.74) is 1.82. The van der Waals surface area contributed by atoms with Gasteiger partial charge in [-0.2, -0.15) is 0 Å². The van der Waals surface area contributed by atoms with Gasteiger partial charge in [-0.15, -0.1) is 11.3 Å². The third-order valence-corrected chi connectivity index (χ3v) is 9.08. The van der Waals surface area contributed by atoms with Gasteiger partial charge in [0.2, 0.25) is 0 Å². The van der Waals surface area contributed by atoms with Crippen LogP contribution in [-0.4, -0.2) is 29.4 Å². The van der Waals surface area contributed by atoms with Crippen molar-refractivity contribution in [3.63, 3.8) is 0 Å². The number of carbonyl (C=O) groups excluding carboxylic acids is 3. The van der Waals surface area contributed by atoms with Crippen LogP contribution in [0.1, 0.15) is 47.4 Å². The Kier molecular flexibility index (Phi) is 4.91. The standard InChI is InChI=1S/C31H20ClNO3S/c32-20-13-14-23-19(17-20)12-15-25-31(29(35)21-9-4-5-10-22(21)30(31)36)26(18-7-2-1-3-8-18)27(33(23)25)28(34)24-11-6-16-37-24/h1-17,25-27H/t25-,26+,27-/m1/s1. The number of ketones is 3. The number of anilines is 1. The molecule has 1 aliphatic carbocycles. The third kappa shape index (κ3) is 2.93. The fourth-order valence-corrected chi connectivity index (χ4v) is 7.42. The molecule has 4 nitrogen and oxygen atoms in total. The van der Waals surface area contributed by atoms with Gasteiger partial charge in [0, 0.05) is 27.8 Å². The zero-order chi connectivity index (χ0) is 25.3. The van der Waals surface area contributed by atoms with Gasteiger partial charge >= 0.3 is 0 Å². The highest BCUT2D eigenvalue weighted by molar-refractivity contribution is 7.12. The molecule has 3 heterocycles. The van der Waals surface area contributed by atoms with Gasteiger partial charge in [0.1, 0.15) is 11.5 Å². The smallest absolute Gasteiger partial charge is 0.195 e. The normalized spacial score (nSPS) is 22.7. The molecule has 1 saturated heterocycles. The van der Waals surface area contributed by atoms with E-state index in [1.54, 1.807) is 30.3 Å². The van der Waals surface area contributed by atoms with Crippen molar-refractivity contribution >= 4 is 52.1 Å². The van der Waals surface area contributed by atoms with Crippen molar-refractivity contribution in [2.45, 2.75) is 18.0 Å². The summed E-state index contributed by atoms with van der Waals surface area (Å²) in [6.45, 7) is 0. The Labute approximate surface area is 222 Å². The van der Waals surface area contributed by atoms with Crippen LogP contribution in [0.2, 0.25) is 5.02 Å². The van der Waals surface area contributed by atoms with E-state index in [1.165, 1.54) is 11.3 Å². The van der Waals surface area contributed by atoms with Crippen molar-refractivity contribution in [3.8, 4) is 0 Å². The van der Waals surface area contributed by atoms with Crippen molar-refractivity contribution in [3.05, 3.63) is 129 Å². The lowest BCUT2D eigenvalue weighted by atomic mass is 9.64. The number of benzene rings is 3. The predicted molar refractivity (Wildman–Crippen MR) is 146 cm³/mol. The quantitative estimate of drug-likeness (QED) is 0.222. The van der Waals surface area contributed by atoms with E-state index in [2.05, 4.69) is 0 Å². The number of rotatable bonds is 3. The number of carbonyl (C=O) groups is 3. The highest BCUT2D eigenvalue weighted by Crippen LogP contribution is 2.61. The van der Waals surface area contributed by atoms with E-state index in [9.17, 15) is 14.4 Å². The van der Waals surface area contributed by atoms with E-state index in [-0.39, 0.29) is 17.3 Å². The number of Topliss-reactive ketones (excluding diaryl/α,β-unsaturated/α-hetero) is 3. The maximum atomic E-state index is 14.5. The van der Waals surface area contributed by atoms with Crippen molar-refractivity contribution < 1.29 is 14.4 Å². The molecule has 3 atom stereocenters. The lowest BCUT2D eigenvalue weighted by molar-refractivity contribution is 0.0666. The molecular weight excluding hydrogens is 502 g/mol. The van der Waals surface area contributed by atoms with Gasteiger partial charge in [0.25, 0.3) is 0 Å². The van der Waals surface area contributed by atoms with Crippen LogP contribution in [0, 0.1) is 5.41 Å². The summed E-state index contributed by atoms with van der Waals surface area (Å²) in [7, 11) is 0. The summed E-state index contributed by atoms with van der Waals surface area (Å²) >= 11 is 7.70. The maximum Gasteiger partial charge on any atom is 0.195 e. The number of thiophene rings is 1. The average Bonchev–Trinajstić information content (AvgIpc) is 3.62. The molecule has 180 valence electrons. The molecule has 0 bridgehead atoms. The van der Waals surface area contributed by atoms with Crippen LogP contribution in [0.4, 0.5) is 5.69 Å². The average molecular weight is 522 g/mol. The molecule has 7 rings (SSSR count). The summed E-state index contributed by atoms with van der Waals surface area (Å²) in [6.07, 6.45) is 3.84. The van der Waals surface area contributed by atoms with Crippen LogP contribution in [0.15, 0.2) is 96.4 Å². The SMILES string of the molecule is O=C(c1cccs1)[C@H]1[C@H](c2ccccc2)C2(C(=O)c3ccccc3C2=O)[C@H]2C=Cc3cc(Cl)ccc3N12. The van der Waals surface area contributed by atoms with Gasteiger partial charge in [-0.3, -0.25) is 14.4 Å². The van der Waals surface area contributed by atoms with Crippen molar-refractivity contribution in [1.82, 2.24) is 0 Å². The highest BCUT2D eigenvalue weighted by Gasteiger charge is 2.71. The second-order valence-electron chi connectivity index (χ2n) is 9.66. The molecule has 1 spiro atoms. The predicted octanol–water partition coefficient (Wildman–Crippen LogP) is 6.72. The highest BCUT2D eigenvalue weighted by atomic mass is 35.5. The largest absolute Gasteiger partial charge is 0.352 e. The van der Waals surface area contributed by atoms with E-state index in [1.807, 2.05) is 77.0 Å². The van der Waals surface area contributed by atoms with Crippen LogP contribution in [-0.2, 0) is 0 Å². The third-order valence-electron chi connectivity index (χ3n) is 7.96. The second kappa shape index (κ2) is 8.10. The fourth-order valence-electron chi connectivity index (χ4n) is 6.55. The van der Waals surface area contributed by atoms with Gasteiger partial charge < -0.3 is 4.90 Å². The number of hydrogen-bond donors (Lipinski definition) is 0. The van der Waals surface area contributed by atoms with E-state index >= 15 is 0 Å². The summed E-state index contributed by atoms with van der Waals surface area (Å²) in [6, 6.07) is 24.4. The minimum absolute atomic E-state index is 0.0986. The van der Waals surface area contributed by atoms with Crippen molar-refractivity contribution in [2.24, 2.45) is 5.41 Å². The molecule has 0 saturated carbocycles. The first-order valence-corrected chi connectivity index (χ1v) is 13.4. The molecule has 2 aliphatic heterocycles. The Bertz CT molecular complexity index is 1590. The number of hydrogen-bond acceptors (Lipinski definition) is 5. The molecule has 3 aromatic carbocycles. The first kappa shape index (κ1) is 22.4. The summed E-state index contributed by atoms with van der Waals surface area (Å²) in [4.78, 5) is 45.9. The molecule has 0 amide bonds. The Morgan fingerprint density at radius 1 is 0.865 bits per heavy atom. The first-order chi connectivity index (χ1) is 18.0. The van der Waals surface area contributed by atoms with Crippen LogP contribution < -0.4 is 4.90 Å². The fraction of sp³-hybridized carbons (Fsp3) is 0.129. The summed E-state index contributed by atoms with van der Waals surface area (Å²) in [5, 5.41) is 2.45. The zero-order valence-corrected chi connectivity index (χ0v) is 21.1. The maximum absolute atomic E-state index is 14.5. The molecule has 37 heavy (non-hydrogen) atoms. The van der Waals surface area contributed by atoms with Crippen molar-refractivity contribution in [1.29, 1.82) is 0 Å². The minimum atomic E-state index is -1.48. The second-order valence-corrected chi connectivity index (χ2v) is 11.0. The van der Waals surface area contributed by atoms with Gasteiger partial charge in [-0.05, 0) is 40.8 Å². The van der Waals surface area contributed by atoms with E-state index < -0.39 is 23.4 Å². The number of fused-ring (bicyclic) bond motifs is 5. The van der Waals surface area contributed by atoms with E-state index in [0.717, 1.165) is 16.8 Å². The molecular formula is C31H20ClNO3S. The molecule has 6 heteroatoms. The monoisotopic (exact) mass is 521 g/mol. The molecule has 3 aliphatic rings. The van der Waals surface area contributed by atoms with Gasteiger partial charge in [0.15, 0.2) is 17.3 Å². The van der Waals surface area contributed by atoms with Crippen LogP contribution in [0.25, 0.3) is 6.08 Å². The van der Waals surface area contributed by atoms with Crippen LogP contribution in [0.5, 0.6) is 0 Å². The lowest BCUT2D eigenvalue weighted by Crippen LogP contribution is -2.48. The first-order valence-electron chi connectivity index (χ1n) is 12.1. The molecule has 0 unspecified atom stereocenters. The van der Waals surface area contributed by atoms with Crippen LogP contribution >= 0.6 is 22.9 Å². The number of nitrogens with zero attached hydrogens (tertiary/aromatic N) is 1. The Morgan fingerprint density at radius 2 is 1.57 bits per heavy atom. The minimum Gasteiger partial charge on any atom is -0.352 e. The molecule has 4 aromatic rings. The topological polar surface area (TPSA) is 54.5 Å². The molecule has 1 fully saturated rings. The lowest BCUT2D eigenvalue weighted by Gasteiger charge is -2.37. The summed E-state index contributed by atoms with van der Waals surface area (Å²) < 4.78 is 0. The van der Waals surface area contributed by atoms with E-state index in [4.69, 9.17) is 11.6 Å². The van der Waals surface area contributed by atoms with Gasteiger partial charge in [-0.1, -0.05) is 84.4 Å². The molecule has 0 N–H and O–H groups in total. The Morgan fingerprint density at radius 3 is 2.24 bits per heavy atom. The molecule has 0 radical (unpaired) electrons. The summed E-state index contributed by atoms with van der Waals surface area (Å²) in [5.74, 6) is -1.23. The van der Waals surface area contributed by atoms with E-state index in [0.29, 0.717) is 21.0 Å². The Balaban J connectivity index is 1.56. The number of halogens is 1. The van der Waals surface area contributed by atoms with Gasteiger partial charge in [0.05, 0.1) is 10.9 Å².